The molecule has 0 unspecified atom stereocenters. The highest BCUT2D eigenvalue weighted by molar-refractivity contribution is 9.10. The fraction of sp³-hybridized carbons (Fsp3) is 0.0909. The number of fused-ring (bicyclic) bond motifs is 1. The molecule has 6 heteroatoms. The summed E-state index contributed by atoms with van der Waals surface area (Å²) in [6.45, 7) is 0. The molecule has 0 amide bonds. The Bertz CT molecular complexity index is 662. The lowest BCUT2D eigenvalue weighted by molar-refractivity contribution is 0.0691. The van der Waals surface area contributed by atoms with E-state index in [2.05, 4.69) is 20.9 Å². The lowest BCUT2D eigenvalue weighted by Gasteiger charge is -2.06. The molecule has 0 atom stereocenters. The van der Waals surface area contributed by atoms with Gasteiger partial charge in [-0.15, -0.1) is 0 Å². The third-order valence-electron chi connectivity index (χ3n) is 2.33. The summed E-state index contributed by atoms with van der Waals surface area (Å²) in [6.07, 6.45) is 0. The zero-order valence-corrected chi connectivity index (χ0v) is 10.4. The van der Waals surface area contributed by atoms with Gasteiger partial charge < -0.3 is 14.8 Å². The molecule has 17 heavy (non-hydrogen) atoms. The SMILES string of the molecule is COc1cc2c(=O)cc(C(=O)O)[nH]c2cc1Br. The van der Waals surface area contributed by atoms with Gasteiger partial charge in [0.2, 0.25) is 0 Å². The molecule has 1 heterocycles. The molecular weight excluding hydrogens is 290 g/mol. The van der Waals surface area contributed by atoms with Crippen molar-refractivity contribution in [2.45, 2.75) is 0 Å². The van der Waals surface area contributed by atoms with E-state index in [4.69, 9.17) is 9.84 Å². The number of carbonyl (C=O) groups is 1. The molecule has 1 aromatic heterocycles. The molecule has 2 N–H and O–H groups in total. The zero-order chi connectivity index (χ0) is 12.6. The van der Waals surface area contributed by atoms with Crippen LogP contribution in [-0.2, 0) is 0 Å². The highest BCUT2D eigenvalue weighted by atomic mass is 79.9. The smallest absolute Gasteiger partial charge is 0.352 e. The van der Waals surface area contributed by atoms with E-state index >= 15 is 0 Å². The number of aromatic carboxylic acids is 1. The number of ether oxygens (including phenoxy) is 1. The van der Waals surface area contributed by atoms with Gasteiger partial charge in [-0.3, -0.25) is 4.79 Å². The first-order chi connectivity index (χ1) is 8.02. The minimum Gasteiger partial charge on any atom is -0.496 e. The van der Waals surface area contributed by atoms with E-state index in [9.17, 15) is 9.59 Å². The molecule has 88 valence electrons. The fourth-order valence-electron chi connectivity index (χ4n) is 1.52. The van der Waals surface area contributed by atoms with Gasteiger partial charge in [-0.25, -0.2) is 4.79 Å². The molecule has 0 bridgehead atoms. The van der Waals surface area contributed by atoms with E-state index in [0.29, 0.717) is 21.1 Å². The lowest BCUT2D eigenvalue weighted by Crippen LogP contribution is -2.09. The number of aromatic nitrogens is 1. The summed E-state index contributed by atoms with van der Waals surface area (Å²) < 4.78 is 5.71. The highest BCUT2D eigenvalue weighted by Gasteiger charge is 2.10. The van der Waals surface area contributed by atoms with Gasteiger partial charge in [-0.2, -0.15) is 0 Å². The predicted octanol–water partition coefficient (Wildman–Crippen LogP) is 2.00. The number of nitrogens with one attached hydrogen (secondary N) is 1. The number of benzene rings is 1. The van der Waals surface area contributed by atoms with Gasteiger partial charge in [0.1, 0.15) is 11.4 Å². The van der Waals surface area contributed by atoms with E-state index in [1.807, 2.05) is 0 Å². The van der Waals surface area contributed by atoms with Crippen LogP contribution in [0.25, 0.3) is 10.9 Å². The van der Waals surface area contributed by atoms with Crippen LogP contribution >= 0.6 is 15.9 Å². The molecule has 2 aromatic rings. The summed E-state index contributed by atoms with van der Waals surface area (Å²) >= 11 is 3.27. The number of halogens is 1. The Morgan fingerprint density at radius 2 is 2.12 bits per heavy atom. The summed E-state index contributed by atoms with van der Waals surface area (Å²) in [5.41, 5.74) is -0.0518. The van der Waals surface area contributed by atoms with Gasteiger partial charge in [0.25, 0.3) is 0 Å². The maximum absolute atomic E-state index is 11.7. The molecule has 0 radical (unpaired) electrons. The molecule has 1 aromatic carbocycles. The van der Waals surface area contributed by atoms with Gasteiger partial charge in [0, 0.05) is 11.5 Å². The summed E-state index contributed by atoms with van der Waals surface area (Å²) in [7, 11) is 1.49. The van der Waals surface area contributed by atoms with Crippen LogP contribution in [0.3, 0.4) is 0 Å². The largest absolute Gasteiger partial charge is 0.496 e. The second-order valence-corrected chi connectivity index (χ2v) is 4.24. The Morgan fingerprint density at radius 1 is 1.41 bits per heavy atom. The van der Waals surface area contributed by atoms with Crippen LogP contribution in [-0.4, -0.2) is 23.2 Å². The van der Waals surface area contributed by atoms with Gasteiger partial charge in [0.05, 0.1) is 17.1 Å². The monoisotopic (exact) mass is 297 g/mol. The van der Waals surface area contributed by atoms with Gasteiger partial charge in [0.15, 0.2) is 5.43 Å². The third-order valence-corrected chi connectivity index (χ3v) is 2.95. The number of hydrogen-bond acceptors (Lipinski definition) is 3. The normalized spacial score (nSPS) is 10.5. The molecular formula is C11H8BrNO4. The van der Waals surface area contributed by atoms with E-state index in [0.717, 1.165) is 6.07 Å². The molecule has 0 fully saturated rings. The highest BCUT2D eigenvalue weighted by Crippen LogP contribution is 2.28. The number of rotatable bonds is 2. The van der Waals surface area contributed by atoms with Crippen LogP contribution < -0.4 is 10.2 Å². The van der Waals surface area contributed by atoms with Crippen molar-refractivity contribution in [2.24, 2.45) is 0 Å². The number of hydrogen-bond donors (Lipinski definition) is 2. The maximum atomic E-state index is 11.7. The van der Waals surface area contributed by atoms with Crippen molar-refractivity contribution >= 4 is 32.8 Å². The molecule has 0 aliphatic carbocycles. The number of carboxylic acids is 1. The minimum atomic E-state index is -1.17. The first-order valence-corrected chi connectivity index (χ1v) is 5.46. The summed E-state index contributed by atoms with van der Waals surface area (Å²) in [6, 6.07) is 4.23. The first-order valence-electron chi connectivity index (χ1n) is 4.67. The lowest BCUT2D eigenvalue weighted by atomic mass is 10.2. The summed E-state index contributed by atoms with van der Waals surface area (Å²) in [5, 5.41) is 9.22. The number of carboxylic acid groups (broad SMARTS) is 1. The average Bonchev–Trinajstić information content (AvgIpc) is 2.27. The Morgan fingerprint density at radius 3 is 2.71 bits per heavy atom. The Kier molecular flexibility index (Phi) is 2.89. The van der Waals surface area contributed by atoms with Crippen LogP contribution in [0.1, 0.15) is 10.5 Å². The van der Waals surface area contributed by atoms with Crippen LogP contribution in [0.15, 0.2) is 27.5 Å². The number of pyridine rings is 1. The van der Waals surface area contributed by atoms with E-state index in [-0.39, 0.29) is 11.1 Å². The van der Waals surface area contributed by atoms with Gasteiger partial charge >= 0.3 is 5.97 Å². The summed E-state index contributed by atoms with van der Waals surface area (Å²) in [5.74, 6) is -0.651. The fourth-order valence-corrected chi connectivity index (χ4v) is 2.03. The predicted molar refractivity (Wildman–Crippen MR) is 65.8 cm³/mol. The van der Waals surface area contributed by atoms with Crippen LogP contribution in [0.5, 0.6) is 5.75 Å². The maximum Gasteiger partial charge on any atom is 0.352 e. The topological polar surface area (TPSA) is 79.4 Å². The van der Waals surface area contributed by atoms with Crippen molar-refractivity contribution in [3.8, 4) is 5.75 Å². The molecule has 0 aliphatic rings. The molecule has 0 spiro atoms. The van der Waals surface area contributed by atoms with Crippen molar-refractivity contribution in [3.05, 3.63) is 38.6 Å². The minimum absolute atomic E-state index is 0.139. The summed E-state index contributed by atoms with van der Waals surface area (Å²) in [4.78, 5) is 25.2. The van der Waals surface area contributed by atoms with Gasteiger partial charge in [-0.05, 0) is 28.1 Å². The van der Waals surface area contributed by atoms with Crippen LogP contribution in [0, 0.1) is 0 Å². The Balaban J connectivity index is 2.82. The van der Waals surface area contributed by atoms with Crippen LogP contribution in [0.2, 0.25) is 0 Å². The van der Waals surface area contributed by atoms with E-state index < -0.39 is 5.97 Å². The van der Waals surface area contributed by atoms with Gasteiger partial charge in [-0.1, -0.05) is 0 Å². The Hall–Kier alpha value is -1.82. The quantitative estimate of drug-likeness (QED) is 0.888. The van der Waals surface area contributed by atoms with Crippen molar-refractivity contribution in [2.75, 3.05) is 7.11 Å². The van der Waals surface area contributed by atoms with Crippen molar-refractivity contribution < 1.29 is 14.6 Å². The number of aromatic amines is 1. The van der Waals surface area contributed by atoms with Crippen molar-refractivity contribution in [1.82, 2.24) is 4.98 Å². The van der Waals surface area contributed by atoms with Crippen molar-refractivity contribution in [1.29, 1.82) is 0 Å². The molecule has 0 saturated heterocycles. The number of methoxy groups -OCH3 is 1. The first kappa shape index (κ1) is 11.7. The number of H-pyrrole nitrogens is 1. The Labute approximate surface area is 104 Å². The zero-order valence-electron chi connectivity index (χ0n) is 8.78. The second-order valence-electron chi connectivity index (χ2n) is 3.38. The second kappa shape index (κ2) is 4.21. The van der Waals surface area contributed by atoms with E-state index in [1.54, 1.807) is 12.1 Å². The van der Waals surface area contributed by atoms with Crippen molar-refractivity contribution in [3.63, 3.8) is 0 Å². The third kappa shape index (κ3) is 2.03. The molecule has 0 aliphatic heterocycles. The standard InChI is InChI=1S/C11H8BrNO4/c1-17-10-2-5-7(3-6(10)12)13-8(11(15)16)4-9(5)14/h2-4H,1H3,(H,13,14)(H,15,16). The molecule has 0 saturated carbocycles. The van der Waals surface area contributed by atoms with Crippen LogP contribution in [0.4, 0.5) is 0 Å². The average molecular weight is 298 g/mol. The van der Waals surface area contributed by atoms with E-state index in [1.165, 1.54) is 7.11 Å². The molecule has 5 nitrogen and oxygen atoms in total. The molecule has 2 rings (SSSR count).